The number of ether oxygens (including phenoxy) is 2. The molecule has 4 rings (SSSR count). The topological polar surface area (TPSA) is 50.8 Å². The summed E-state index contributed by atoms with van der Waals surface area (Å²) in [7, 11) is 3.17. The maximum Gasteiger partial charge on any atom is 0.262 e. The molecule has 5 nitrogen and oxygen atoms in total. The lowest BCUT2D eigenvalue weighted by Gasteiger charge is -2.21. The highest BCUT2D eigenvalue weighted by Crippen LogP contribution is 2.35. The van der Waals surface area contributed by atoms with E-state index in [1.54, 1.807) is 26.4 Å². The average molecular weight is 449 g/mol. The zero-order chi connectivity index (χ0) is 21.3. The van der Waals surface area contributed by atoms with Crippen molar-refractivity contribution in [2.24, 2.45) is 0 Å². The third-order valence-corrected chi connectivity index (χ3v) is 6.69. The molecule has 1 aliphatic heterocycles. The zero-order valence-corrected chi connectivity index (χ0v) is 18.3. The molecular weight excluding hydrogens is 427 g/mol. The lowest BCUT2D eigenvalue weighted by atomic mass is 10.1. The van der Waals surface area contributed by atoms with Crippen LogP contribution in [-0.2, 0) is 11.3 Å². The fraction of sp³-hybridized carbons (Fsp3) is 0.318. The van der Waals surface area contributed by atoms with Gasteiger partial charge in [0.25, 0.3) is 5.91 Å². The Kier molecular flexibility index (Phi) is 6.13. The molecule has 1 fully saturated rings. The van der Waals surface area contributed by atoms with Crippen LogP contribution in [0.2, 0.25) is 5.02 Å². The number of thiophene rings is 1. The molecule has 1 saturated heterocycles. The second kappa shape index (κ2) is 8.79. The van der Waals surface area contributed by atoms with Crippen LogP contribution in [0.3, 0.4) is 0 Å². The molecule has 2 heterocycles. The molecule has 3 aromatic rings. The van der Waals surface area contributed by atoms with Gasteiger partial charge in [0.15, 0.2) is 0 Å². The van der Waals surface area contributed by atoms with Gasteiger partial charge in [0.05, 0.1) is 24.3 Å². The van der Waals surface area contributed by atoms with Crippen molar-refractivity contribution in [2.75, 3.05) is 32.2 Å². The Balaban J connectivity index is 1.54. The number of anilines is 1. The first-order chi connectivity index (χ1) is 14.5. The van der Waals surface area contributed by atoms with E-state index in [4.69, 9.17) is 21.1 Å². The number of hydrogen-bond acceptors (Lipinski definition) is 5. The predicted octanol–water partition coefficient (Wildman–Crippen LogP) is 4.86. The van der Waals surface area contributed by atoms with Crippen LogP contribution in [0.5, 0.6) is 5.75 Å². The third-order valence-electron chi connectivity index (χ3n) is 5.26. The van der Waals surface area contributed by atoms with Crippen LogP contribution in [0.25, 0.3) is 10.1 Å². The van der Waals surface area contributed by atoms with Gasteiger partial charge in [-0.15, -0.1) is 11.3 Å². The van der Waals surface area contributed by atoms with E-state index in [-0.39, 0.29) is 24.4 Å². The van der Waals surface area contributed by atoms with Crippen LogP contribution in [-0.4, -0.2) is 39.3 Å². The van der Waals surface area contributed by atoms with Crippen molar-refractivity contribution in [3.05, 3.63) is 57.7 Å². The smallest absolute Gasteiger partial charge is 0.262 e. The summed E-state index contributed by atoms with van der Waals surface area (Å²) in [4.78, 5) is 15.7. The van der Waals surface area contributed by atoms with Crippen LogP contribution in [0.1, 0.15) is 21.7 Å². The molecular formula is C22H22ClFN2O3S. The van der Waals surface area contributed by atoms with E-state index in [0.717, 1.165) is 29.1 Å². The number of halogens is 2. The van der Waals surface area contributed by atoms with Crippen molar-refractivity contribution in [1.29, 1.82) is 0 Å². The van der Waals surface area contributed by atoms with E-state index >= 15 is 0 Å². The summed E-state index contributed by atoms with van der Waals surface area (Å²) in [6, 6.07) is 10.3. The number of hydrogen-bond donors (Lipinski definition) is 1. The summed E-state index contributed by atoms with van der Waals surface area (Å²) in [6.07, 6.45) is 0.792. The Labute approximate surface area is 183 Å². The molecule has 1 N–H and O–H groups in total. The average Bonchev–Trinajstić information content (AvgIpc) is 3.34. The third kappa shape index (κ3) is 3.97. The van der Waals surface area contributed by atoms with E-state index < -0.39 is 0 Å². The number of benzene rings is 2. The Morgan fingerprint density at radius 2 is 2.17 bits per heavy atom. The first-order valence-electron chi connectivity index (χ1n) is 9.60. The minimum atomic E-state index is -0.338. The fourth-order valence-corrected chi connectivity index (χ4v) is 5.18. The zero-order valence-electron chi connectivity index (χ0n) is 16.7. The highest BCUT2D eigenvalue weighted by atomic mass is 35.5. The predicted molar refractivity (Wildman–Crippen MR) is 119 cm³/mol. The summed E-state index contributed by atoms with van der Waals surface area (Å²) < 4.78 is 25.8. The lowest BCUT2D eigenvalue weighted by Crippen LogP contribution is -2.37. The van der Waals surface area contributed by atoms with E-state index in [1.165, 1.54) is 17.4 Å². The van der Waals surface area contributed by atoms with Crippen molar-refractivity contribution >= 4 is 44.6 Å². The van der Waals surface area contributed by atoms with Gasteiger partial charge in [-0.1, -0.05) is 17.7 Å². The standard InChI is InChI=1S/C22H22ClFN2O3S/c1-28-12-15-20-16(24)4-3-5-19(20)30-21(15)22(27)25-14-8-9-26(11-14)17-10-13(23)6-7-18(17)29-2/h3-7,10,14H,8-9,11-12H2,1-2H3,(H,25,27). The number of nitrogens with one attached hydrogen (secondary N) is 1. The molecule has 1 atom stereocenters. The summed E-state index contributed by atoms with van der Waals surface area (Å²) in [5.74, 6) is 0.205. The maximum absolute atomic E-state index is 14.4. The summed E-state index contributed by atoms with van der Waals surface area (Å²) in [5.41, 5.74) is 1.50. The van der Waals surface area contributed by atoms with Gasteiger partial charge in [0.2, 0.25) is 0 Å². The fourth-order valence-electron chi connectivity index (χ4n) is 3.89. The SMILES string of the molecule is COCc1c(C(=O)NC2CCN(c3cc(Cl)ccc3OC)C2)sc2cccc(F)c12. The summed E-state index contributed by atoms with van der Waals surface area (Å²) in [6.45, 7) is 1.59. The van der Waals surface area contributed by atoms with Gasteiger partial charge in [-0.05, 0) is 36.8 Å². The largest absolute Gasteiger partial charge is 0.495 e. The van der Waals surface area contributed by atoms with Gasteiger partial charge in [0.1, 0.15) is 11.6 Å². The quantitative estimate of drug-likeness (QED) is 0.585. The Morgan fingerprint density at radius 1 is 1.33 bits per heavy atom. The first kappa shape index (κ1) is 20.9. The number of methoxy groups -OCH3 is 2. The molecule has 2 aromatic carbocycles. The number of nitrogens with zero attached hydrogens (tertiary/aromatic N) is 1. The summed E-state index contributed by atoms with van der Waals surface area (Å²) in [5, 5.41) is 4.20. The molecule has 0 radical (unpaired) electrons. The van der Waals surface area contributed by atoms with Crippen molar-refractivity contribution in [2.45, 2.75) is 19.1 Å². The molecule has 0 saturated carbocycles. The second-order valence-electron chi connectivity index (χ2n) is 7.18. The van der Waals surface area contributed by atoms with Crippen molar-refractivity contribution in [1.82, 2.24) is 5.32 Å². The van der Waals surface area contributed by atoms with E-state index in [1.807, 2.05) is 18.2 Å². The number of amides is 1. The molecule has 0 bridgehead atoms. The monoisotopic (exact) mass is 448 g/mol. The second-order valence-corrected chi connectivity index (χ2v) is 8.67. The van der Waals surface area contributed by atoms with Gasteiger partial charge in [-0.25, -0.2) is 4.39 Å². The Bertz CT molecular complexity index is 1090. The summed E-state index contributed by atoms with van der Waals surface area (Å²) >= 11 is 7.45. The maximum atomic E-state index is 14.4. The van der Waals surface area contributed by atoms with Crippen molar-refractivity contribution in [3.63, 3.8) is 0 Å². The minimum absolute atomic E-state index is 0.0355. The Hall–Kier alpha value is -2.35. The highest BCUT2D eigenvalue weighted by molar-refractivity contribution is 7.21. The van der Waals surface area contributed by atoms with Gasteiger partial charge in [0, 0.05) is 46.9 Å². The van der Waals surface area contributed by atoms with Gasteiger partial charge >= 0.3 is 0 Å². The van der Waals surface area contributed by atoms with Crippen LogP contribution >= 0.6 is 22.9 Å². The molecule has 1 amide bonds. The molecule has 8 heteroatoms. The van der Waals surface area contributed by atoms with Crippen LogP contribution < -0.4 is 15.0 Å². The first-order valence-corrected chi connectivity index (χ1v) is 10.8. The molecule has 0 spiro atoms. The minimum Gasteiger partial charge on any atom is -0.495 e. The van der Waals surface area contributed by atoms with Crippen molar-refractivity contribution < 1.29 is 18.7 Å². The molecule has 1 aromatic heterocycles. The normalized spacial score (nSPS) is 16.3. The number of carbonyl (C=O) groups is 1. The Morgan fingerprint density at radius 3 is 2.93 bits per heavy atom. The molecule has 1 unspecified atom stereocenters. The molecule has 30 heavy (non-hydrogen) atoms. The van der Waals surface area contributed by atoms with Crippen LogP contribution in [0.4, 0.5) is 10.1 Å². The number of fused-ring (bicyclic) bond motifs is 1. The highest BCUT2D eigenvalue weighted by Gasteiger charge is 2.28. The molecule has 0 aliphatic carbocycles. The van der Waals surface area contributed by atoms with Crippen LogP contribution in [0, 0.1) is 5.82 Å². The van der Waals surface area contributed by atoms with Crippen molar-refractivity contribution in [3.8, 4) is 5.75 Å². The molecule has 1 aliphatic rings. The van der Waals surface area contributed by atoms with Gasteiger partial charge < -0.3 is 19.7 Å². The van der Waals surface area contributed by atoms with Crippen LogP contribution in [0.15, 0.2) is 36.4 Å². The van der Waals surface area contributed by atoms with E-state index in [9.17, 15) is 9.18 Å². The van der Waals surface area contributed by atoms with E-state index in [2.05, 4.69) is 10.2 Å². The number of carbonyl (C=O) groups excluding carboxylic acids is 1. The molecule has 158 valence electrons. The lowest BCUT2D eigenvalue weighted by molar-refractivity contribution is 0.0940. The van der Waals surface area contributed by atoms with Gasteiger partial charge in [-0.2, -0.15) is 0 Å². The number of rotatable bonds is 6. The van der Waals surface area contributed by atoms with E-state index in [0.29, 0.717) is 27.4 Å². The van der Waals surface area contributed by atoms with Gasteiger partial charge in [-0.3, -0.25) is 4.79 Å².